The number of pyridine rings is 2. The average molecular weight is 422 g/mol. The first-order valence-electron chi connectivity index (χ1n) is 9.31. The molecule has 6 rings (SSSR count). The van der Waals surface area contributed by atoms with Crippen LogP contribution in [0, 0.1) is 23.3 Å². The van der Waals surface area contributed by atoms with E-state index in [0.29, 0.717) is 21.8 Å². The topological polar surface area (TPSA) is 46.5 Å². The molecule has 0 saturated heterocycles. The van der Waals surface area contributed by atoms with Crippen LogP contribution in [0.3, 0.4) is 0 Å². The lowest BCUT2D eigenvalue weighted by Crippen LogP contribution is -1.90. The third-order valence-corrected chi connectivity index (χ3v) is 5.24. The first-order chi connectivity index (χ1) is 14.9. The molecule has 0 unspecified atom stereocenters. The lowest BCUT2D eigenvalue weighted by molar-refractivity contribution is 0.588. The van der Waals surface area contributed by atoms with Crippen molar-refractivity contribution in [3.8, 4) is 0 Å². The Balaban J connectivity index is 0.000000132. The number of benzene rings is 2. The van der Waals surface area contributed by atoms with E-state index in [1.807, 2.05) is 0 Å². The maximum Gasteiger partial charge on any atom is 0.150 e. The first kappa shape index (κ1) is 19.0. The second kappa shape index (κ2) is 7.09. The summed E-state index contributed by atoms with van der Waals surface area (Å²) in [4.78, 5) is 10.8. The zero-order chi connectivity index (χ0) is 21.7. The molecule has 2 aromatic carbocycles. The molecule has 6 aromatic rings. The molecule has 1 N–H and O–H groups in total. The molecule has 8 heteroatoms. The second-order valence-corrected chi connectivity index (χ2v) is 7.09. The van der Waals surface area contributed by atoms with Gasteiger partial charge in [0.25, 0.3) is 0 Å². The first-order valence-corrected chi connectivity index (χ1v) is 9.31. The Morgan fingerprint density at radius 3 is 2.16 bits per heavy atom. The van der Waals surface area contributed by atoms with Gasteiger partial charge in [0.05, 0.1) is 16.6 Å². The molecule has 0 radical (unpaired) electrons. The van der Waals surface area contributed by atoms with Gasteiger partial charge >= 0.3 is 0 Å². The van der Waals surface area contributed by atoms with E-state index >= 15 is 0 Å². The number of rotatable bonds is 0. The summed E-state index contributed by atoms with van der Waals surface area (Å²) in [5, 5.41) is 2.57. The van der Waals surface area contributed by atoms with Crippen LogP contribution in [0.15, 0.2) is 61.2 Å². The molecule has 31 heavy (non-hydrogen) atoms. The minimum absolute atomic E-state index is 0.319. The van der Waals surface area contributed by atoms with Crippen molar-refractivity contribution in [2.75, 3.05) is 0 Å². The fraction of sp³-hybridized carbons (Fsp3) is 0.0435. The van der Waals surface area contributed by atoms with Crippen molar-refractivity contribution in [3.63, 3.8) is 0 Å². The highest BCUT2D eigenvalue weighted by Crippen LogP contribution is 2.30. The quantitative estimate of drug-likeness (QED) is 0.305. The molecule has 0 aliphatic carbocycles. The van der Waals surface area contributed by atoms with Gasteiger partial charge in [-0.3, -0.25) is 9.97 Å². The summed E-state index contributed by atoms with van der Waals surface area (Å²) in [6, 6.07) is 7.92. The average Bonchev–Trinajstić information content (AvgIpc) is 3.25. The summed E-state index contributed by atoms with van der Waals surface area (Å²) in [5.41, 5.74) is 2.32. The number of aromatic amines is 1. The Hall–Kier alpha value is -3.94. The molecule has 0 bridgehead atoms. The van der Waals surface area contributed by atoms with Gasteiger partial charge in [-0.1, -0.05) is 0 Å². The maximum atomic E-state index is 13.7. The van der Waals surface area contributed by atoms with Crippen LogP contribution in [-0.2, 0) is 7.05 Å². The zero-order valence-electron chi connectivity index (χ0n) is 16.1. The van der Waals surface area contributed by atoms with Gasteiger partial charge in [0, 0.05) is 71.0 Å². The zero-order valence-corrected chi connectivity index (χ0v) is 16.1. The van der Waals surface area contributed by atoms with Crippen molar-refractivity contribution in [2.24, 2.45) is 7.05 Å². The summed E-state index contributed by atoms with van der Waals surface area (Å²) in [5.74, 6) is -2.28. The highest BCUT2D eigenvalue weighted by Gasteiger charge is 2.13. The Morgan fingerprint density at radius 2 is 1.39 bits per heavy atom. The molecule has 0 fully saturated rings. The number of nitrogens with one attached hydrogen (secondary N) is 1. The van der Waals surface area contributed by atoms with Crippen LogP contribution in [0.2, 0.25) is 0 Å². The SMILES string of the molecule is Cn1c2ccncc2c2cc(F)cc(F)c21.Fc1cc(F)c2[nH]c3ccncc3c2c1. The van der Waals surface area contributed by atoms with E-state index in [-0.39, 0.29) is 0 Å². The van der Waals surface area contributed by atoms with Crippen molar-refractivity contribution in [2.45, 2.75) is 0 Å². The van der Waals surface area contributed by atoms with Crippen molar-refractivity contribution in [3.05, 3.63) is 84.5 Å². The lowest BCUT2D eigenvalue weighted by atomic mass is 10.2. The third-order valence-electron chi connectivity index (χ3n) is 5.24. The molecule has 0 saturated carbocycles. The normalized spacial score (nSPS) is 11.4. The van der Waals surface area contributed by atoms with Crippen molar-refractivity contribution in [1.29, 1.82) is 0 Å². The smallest absolute Gasteiger partial charge is 0.150 e. The highest BCUT2D eigenvalue weighted by molar-refractivity contribution is 6.08. The van der Waals surface area contributed by atoms with E-state index in [2.05, 4.69) is 15.0 Å². The molecule has 154 valence electrons. The number of aryl methyl sites for hydroxylation is 1. The van der Waals surface area contributed by atoms with E-state index in [0.717, 1.165) is 33.9 Å². The fourth-order valence-electron chi connectivity index (χ4n) is 3.89. The summed E-state index contributed by atoms with van der Waals surface area (Å²) < 4.78 is 55.0. The van der Waals surface area contributed by atoms with Gasteiger partial charge in [-0.05, 0) is 24.3 Å². The molecular weight excluding hydrogens is 408 g/mol. The lowest BCUT2D eigenvalue weighted by Gasteiger charge is -1.98. The van der Waals surface area contributed by atoms with E-state index in [9.17, 15) is 17.6 Å². The summed E-state index contributed by atoms with van der Waals surface area (Å²) >= 11 is 0. The number of aromatic nitrogens is 4. The van der Waals surface area contributed by atoms with Crippen LogP contribution >= 0.6 is 0 Å². The molecule has 0 amide bonds. The Labute approximate surface area is 172 Å². The monoisotopic (exact) mass is 422 g/mol. The molecule has 0 spiro atoms. The number of halogens is 4. The van der Waals surface area contributed by atoms with Gasteiger partial charge in [-0.25, -0.2) is 17.6 Å². The Morgan fingerprint density at radius 1 is 0.742 bits per heavy atom. The van der Waals surface area contributed by atoms with Gasteiger partial charge in [0.15, 0.2) is 0 Å². The van der Waals surface area contributed by atoms with Crippen LogP contribution in [0.5, 0.6) is 0 Å². The molecule has 0 aliphatic rings. The van der Waals surface area contributed by atoms with E-state index in [1.54, 1.807) is 48.5 Å². The maximum absolute atomic E-state index is 13.7. The summed E-state index contributed by atoms with van der Waals surface area (Å²) in [6.07, 6.45) is 6.45. The number of hydrogen-bond acceptors (Lipinski definition) is 2. The van der Waals surface area contributed by atoms with Gasteiger partial charge in [0.2, 0.25) is 0 Å². The van der Waals surface area contributed by atoms with Gasteiger partial charge in [0.1, 0.15) is 23.3 Å². The number of nitrogens with zero attached hydrogens (tertiary/aromatic N) is 3. The molecule has 0 aliphatic heterocycles. The van der Waals surface area contributed by atoms with E-state index in [4.69, 9.17) is 0 Å². The van der Waals surface area contributed by atoms with Gasteiger partial charge < -0.3 is 9.55 Å². The molecular formula is C23H14F4N4. The molecule has 0 atom stereocenters. The predicted molar refractivity (Wildman–Crippen MR) is 112 cm³/mol. The van der Waals surface area contributed by atoms with Gasteiger partial charge in [-0.2, -0.15) is 0 Å². The number of H-pyrrole nitrogens is 1. The van der Waals surface area contributed by atoms with Gasteiger partial charge in [-0.15, -0.1) is 0 Å². The predicted octanol–water partition coefficient (Wildman–Crippen LogP) is 6.00. The number of fused-ring (bicyclic) bond motifs is 6. The van der Waals surface area contributed by atoms with Crippen molar-refractivity contribution >= 4 is 43.6 Å². The number of hydrogen-bond donors (Lipinski definition) is 1. The summed E-state index contributed by atoms with van der Waals surface area (Å²) in [7, 11) is 1.76. The van der Waals surface area contributed by atoms with E-state index in [1.165, 1.54) is 12.1 Å². The molecule has 4 nitrogen and oxygen atoms in total. The van der Waals surface area contributed by atoms with Crippen LogP contribution in [0.25, 0.3) is 43.6 Å². The van der Waals surface area contributed by atoms with Crippen LogP contribution < -0.4 is 0 Å². The van der Waals surface area contributed by atoms with E-state index < -0.39 is 23.3 Å². The van der Waals surface area contributed by atoms with Crippen molar-refractivity contribution in [1.82, 2.24) is 19.5 Å². The van der Waals surface area contributed by atoms with Crippen LogP contribution in [-0.4, -0.2) is 19.5 Å². The standard InChI is InChI=1S/C12H8F2N2.C11H6F2N2/c1-16-11-2-3-15-6-9(11)8-4-7(13)5-10(14)12(8)16;12-6-3-7-8-5-14-2-1-10(8)15-11(7)9(13)4-6/h2-6H,1H3;1-5,15H. The molecule has 4 heterocycles. The second-order valence-electron chi connectivity index (χ2n) is 7.09. The Kier molecular flexibility index (Phi) is 4.35. The largest absolute Gasteiger partial charge is 0.352 e. The minimum atomic E-state index is -0.582. The van der Waals surface area contributed by atoms with Crippen LogP contribution in [0.1, 0.15) is 0 Å². The fourth-order valence-corrected chi connectivity index (χ4v) is 3.89. The van der Waals surface area contributed by atoms with Crippen LogP contribution in [0.4, 0.5) is 17.6 Å². The van der Waals surface area contributed by atoms with Crippen molar-refractivity contribution < 1.29 is 17.6 Å². The highest BCUT2D eigenvalue weighted by atomic mass is 19.1. The summed E-state index contributed by atoms with van der Waals surface area (Å²) in [6.45, 7) is 0. The third kappa shape index (κ3) is 3.07. The Bertz CT molecular complexity index is 1600. The molecule has 4 aromatic heterocycles. The minimum Gasteiger partial charge on any atom is -0.352 e.